The SMILES string of the molecule is CN(C)C/C=C/C(=O)Nc1cccc(C(=O)Nc2cccc(Nc3ncc(Cl)c(C4C(=O)Nc5ccccc54)n3)c2)c1. The van der Waals surface area contributed by atoms with E-state index in [1.54, 1.807) is 54.6 Å². The number of benzene rings is 3. The van der Waals surface area contributed by atoms with Gasteiger partial charge in [-0.05, 0) is 62.1 Å². The average molecular weight is 582 g/mol. The maximum Gasteiger partial charge on any atom is 0.255 e. The number of anilines is 5. The Labute approximate surface area is 247 Å². The molecule has 3 aromatic carbocycles. The standard InChI is InChI=1S/C31H28ClN7O3/c1-39(2)15-7-14-26(40)34-20-9-5-8-19(16-20)29(41)35-21-10-6-11-22(17-21)36-31-33-18-24(32)28(38-31)27-23-12-3-4-13-25(23)37-30(27)42/h3-14,16-18,27H,15H2,1-2H3,(H,34,40)(H,35,41)(H,37,42)(H,33,36,38)/b14-7+. The second-order valence-corrected chi connectivity index (χ2v) is 10.2. The maximum absolute atomic E-state index is 13.0. The van der Waals surface area contributed by atoms with Gasteiger partial charge in [-0.15, -0.1) is 0 Å². The summed E-state index contributed by atoms with van der Waals surface area (Å²) in [5, 5.41) is 11.9. The smallest absolute Gasteiger partial charge is 0.255 e. The van der Waals surface area contributed by atoms with Crippen LogP contribution in [0.25, 0.3) is 0 Å². The molecule has 0 spiro atoms. The summed E-state index contributed by atoms with van der Waals surface area (Å²) in [4.78, 5) is 48.7. The molecule has 1 aliphatic heterocycles. The zero-order valence-corrected chi connectivity index (χ0v) is 23.6. The molecular formula is C31H28ClN7O3. The van der Waals surface area contributed by atoms with Crippen LogP contribution in [0.4, 0.5) is 28.7 Å². The number of halogens is 1. The Morgan fingerprint density at radius 2 is 1.71 bits per heavy atom. The normalized spacial score (nSPS) is 14.0. The van der Waals surface area contributed by atoms with Gasteiger partial charge < -0.3 is 26.2 Å². The topological polar surface area (TPSA) is 128 Å². The second-order valence-electron chi connectivity index (χ2n) is 9.83. The first kappa shape index (κ1) is 28.5. The van der Waals surface area contributed by atoms with E-state index in [2.05, 4.69) is 31.2 Å². The van der Waals surface area contributed by atoms with Crippen molar-refractivity contribution in [3.63, 3.8) is 0 Å². The maximum atomic E-state index is 13.0. The lowest BCUT2D eigenvalue weighted by Gasteiger charge is -2.13. The molecule has 10 nitrogen and oxygen atoms in total. The van der Waals surface area contributed by atoms with Crippen molar-refractivity contribution in [2.75, 3.05) is 41.9 Å². The van der Waals surface area contributed by atoms with Crippen molar-refractivity contribution in [2.45, 2.75) is 5.92 Å². The molecule has 4 aromatic rings. The van der Waals surface area contributed by atoms with Crippen LogP contribution in [0.15, 0.2) is 91.1 Å². The number of carbonyl (C=O) groups is 3. The van der Waals surface area contributed by atoms with Crippen molar-refractivity contribution >= 4 is 58.0 Å². The van der Waals surface area contributed by atoms with Crippen LogP contribution in [-0.4, -0.2) is 53.2 Å². The van der Waals surface area contributed by atoms with Gasteiger partial charge in [0.25, 0.3) is 5.91 Å². The molecule has 0 radical (unpaired) electrons. The van der Waals surface area contributed by atoms with E-state index in [1.165, 1.54) is 12.3 Å². The third-order valence-electron chi connectivity index (χ3n) is 6.35. The van der Waals surface area contributed by atoms with Crippen molar-refractivity contribution in [2.24, 2.45) is 0 Å². The summed E-state index contributed by atoms with van der Waals surface area (Å²) < 4.78 is 0. The number of rotatable bonds is 9. The van der Waals surface area contributed by atoms with Gasteiger partial charge in [-0.2, -0.15) is 0 Å². The number of para-hydroxylation sites is 1. The van der Waals surface area contributed by atoms with Gasteiger partial charge >= 0.3 is 0 Å². The highest BCUT2D eigenvalue weighted by Gasteiger charge is 2.34. The number of aromatic nitrogens is 2. The Balaban J connectivity index is 1.27. The van der Waals surface area contributed by atoms with Gasteiger partial charge in [-0.3, -0.25) is 14.4 Å². The molecule has 2 heterocycles. The molecule has 1 aromatic heterocycles. The van der Waals surface area contributed by atoms with Crippen LogP contribution in [0, 0.1) is 0 Å². The van der Waals surface area contributed by atoms with E-state index in [-0.39, 0.29) is 28.7 Å². The van der Waals surface area contributed by atoms with Crippen molar-refractivity contribution in [3.8, 4) is 0 Å². The minimum absolute atomic E-state index is 0.211. The predicted octanol–water partition coefficient (Wildman–Crippen LogP) is 5.27. The van der Waals surface area contributed by atoms with Crippen molar-refractivity contribution < 1.29 is 14.4 Å². The van der Waals surface area contributed by atoms with Crippen molar-refractivity contribution in [1.82, 2.24) is 14.9 Å². The fourth-order valence-corrected chi connectivity index (χ4v) is 4.62. The molecule has 3 amide bonds. The van der Waals surface area contributed by atoms with Gasteiger partial charge in [0.05, 0.1) is 16.9 Å². The van der Waals surface area contributed by atoms with E-state index >= 15 is 0 Å². The lowest BCUT2D eigenvalue weighted by molar-refractivity contribution is -0.116. The van der Waals surface area contributed by atoms with Crippen molar-refractivity contribution in [3.05, 3.63) is 113 Å². The van der Waals surface area contributed by atoms with Crippen LogP contribution in [0.5, 0.6) is 0 Å². The van der Waals surface area contributed by atoms with E-state index in [1.807, 2.05) is 43.3 Å². The summed E-state index contributed by atoms with van der Waals surface area (Å²) in [5.74, 6) is -1.24. The Hall–Kier alpha value is -5.06. The molecule has 11 heteroatoms. The number of carbonyl (C=O) groups excluding carboxylic acids is 3. The Bertz CT molecular complexity index is 1690. The number of likely N-dealkylation sites (N-methyl/N-ethyl adjacent to an activating group) is 1. The van der Waals surface area contributed by atoms with Gasteiger partial charge in [0, 0.05) is 40.9 Å². The van der Waals surface area contributed by atoms with Crippen LogP contribution in [-0.2, 0) is 9.59 Å². The zero-order chi connectivity index (χ0) is 29.6. The van der Waals surface area contributed by atoms with Crippen molar-refractivity contribution in [1.29, 1.82) is 0 Å². The molecule has 1 unspecified atom stereocenters. The van der Waals surface area contributed by atoms with Gasteiger partial charge in [-0.25, -0.2) is 9.97 Å². The summed E-state index contributed by atoms with van der Waals surface area (Å²) in [7, 11) is 3.82. The third-order valence-corrected chi connectivity index (χ3v) is 6.64. The number of nitrogens with zero attached hydrogens (tertiary/aromatic N) is 3. The van der Waals surface area contributed by atoms with Gasteiger partial charge in [0.1, 0.15) is 5.92 Å². The molecule has 0 fully saturated rings. The summed E-state index contributed by atoms with van der Waals surface area (Å²) in [5.41, 5.74) is 3.94. The summed E-state index contributed by atoms with van der Waals surface area (Å²) in [6.45, 7) is 0.640. The largest absolute Gasteiger partial charge is 0.325 e. The number of hydrogen-bond acceptors (Lipinski definition) is 7. The number of hydrogen-bond donors (Lipinski definition) is 4. The monoisotopic (exact) mass is 581 g/mol. The average Bonchev–Trinajstić information content (AvgIpc) is 3.29. The summed E-state index contributed by atoms with van der Waals surface area (Å²) >= 11 is 6.42. The third kappa shape index (κ3) is 6.80. The van der Waals surface area contributed by atoms with E-state index in [4.69, 9.17) is 11.6 Å². The van der Waals surface area contributed by atoms with Crippen LogP contribution >= 0.6 is 11.6 Å². The lowest BCUT2D eigenvalue weighted by Crippen LogP contribution is -2.16. The van der Waals surface area contributed by atoms with E-state index in [0.29, 0.717) is 34.9 Å². The number of nitrogens with one attached hydrogen (secondary N) is 4. The van der Waals surface area contributed by atoms with E-state index in [9.17, 15) is 14.4 Å². The molecule has 0 bridgehead atoms. The lowest BCUT2D eigenvalue weighted by atomic mass is 9.97. The first-order valence-corrected chi connectivity index (χ1v) is 13.5. The van der Waals surface area contributed by atoms with Gasteiger partial charge in [0.15, 0.2) is 0 Å². The van der Waals surface area contributed by atoms with Crippen LogP contribution < -0.4 is 21.3 Å². The van der Waals surface area contributed by atoms with Crippen LogP contribution in [0.1, 0.15) is 27.5 Å². The minimum atomic E-state index is -0.655. The quantitative estimate of drug-likeness (QED) is 0.198. The number of amides is 3. The van der Waals surface area contributed by atoms with Crippen LogP contribution in [0.2, 0.25) is 5.02 Å². The fourth-order valence-electron chi connectivity index (χ4n) is 4.42. The Morgan fingerprint density at radius 1 is 0.976 bits per heavy atom. The first-order chi connectivity index (χ1) is 20.3. The molecule has 4 N–H and O–H groups in total. The Kier molecular flexibility index (Phi) is 8.56. The predicted molar refractivity (Wildman–Crippen MR) is 164 cm³/mol. The molecule has 42 heavy (non-hydrogen) atoms. The molecule has 5 rings (SSSR count). The molecule has 1 aliphatic rings. The molecule has 1 atom stereocenters. The minimum Gasteiger partial charge on any atom is -0.325 e. The molecule has 0 saturated carbocycles. The van der Waals surface area contributed by atoms with E-state index < -0.39 is 5.92 Å². The zero-order valence-electron chi connectivity index (χ0n) is 22.9. The molecular weight excluding hydrogens is 554 g/mol. The highest BCUT2D eigenvalue weighted by Crippen LogP contribution is 2.39. The van der Waals surface area contributed by atoms with Crippen LogP contribution in [0.3, 0.4) is 0 Å². The van der Waals surface area contributed by atoms with Gasteiger partial charge in [0.2, 0.25) is 17.8 Å². The summed E-state index contributed by atoms with van der Waals surface area (Å²) in [6, 6.07) is 21.1. The summed E-state index contributed by atoms with van der Waals surface area (Å²) in [6.07, 6.45) is 4.67. The number of fused-ring (bicyclic) bond motifs is 1. The van der Waals surface area contributed by atoms with E-state index in [0.717, 1.165) is 11.3 Å². The van der Waals surface area contributed by atoms with Gasteiger partial charge in [-0.1, -0.05) is 48.0 Å². The Morgan fingerprint density at radius 3 is 2.52 bits per heavy atom. The highest BCUT2D eigenvalue weighted by molar-refractivity contribution is 6.31. The molecule has 0 saturated heterocycles. The molecule has 0 aliphatic carbocycles. The highest BCUT2D eigenvalue weighted by atomic mass is 35.5. The fraction of sp³-hybridized carbons (Fsp3) is 0.129. The second kappa shape index (κ2) is 12.6. The first-order valence-electron chi connectivity index (χ1n) is 13.1. The molecule has 212 valence electrons.